The van der Waals surface area contributed by atoms with Crippen molar-refractivity contribution in [3.05, 3.63) is 92.6 Å². The van der Waals surface area contributed by atoms with Gasteiger partial charge in [0.05, 0.1) is 15.6 Å². The van der Waals surface area contributed by atoms with Crippen molar-refractivity contribution in [2.75, 3.05) is 12.3 Å². The summed E-state index contributed by atoms with van der Waals surface area (Å²) in [4.78, 5) is 19.5. The topological polar surface area (TPSA) is 59.2 Å². The number of nitrogens with zero attached hydrogens (tertiary/aromatic N) is 2. The van der Waals surface area contributed by atoms with Gasteiger partial charge in [-0.1, -0.05) is 74.3 Å². The van der Waals surface area contributed by atoms with E-state index in [1.165, 1.54) is 5.56 Å². The minimum absolute atomic E-state index is 0.0733. The second-order valence-electron chi connectivity index (χ2n) is 9.06. The van der Waals surface area contributed by atoms with E-state index in [4.69, 9.17) is 28.9 Å². The van der Waals surface area contributed by atoms with Crippen molar-refractivity contribution < 1.29 is 4.79 Å². The second-order valence-corrected chi connectivity index (χ2v) is 9.87. The van der Waals surface area contributed by atoms with E-state index >= 15 is 0 Å². The Balaban J connectivity index is 1.85. The van der Waals surface area contributed by atoms with Crippen molar-refractivity contribution in [2.45, 2.75) is 46.1 Å². The lowest BCUT2D eigenvalue weighted by molar-refractivity contribution is 0.0746. The summed E-state index contributed by atoms with van der Waals surface area (Å²) >= 11 is 12.2. The molecule has 0 aliphatic rings. The van der Waals surface area contributed by atoms with Crippen LogP contribution >= 0.6 is 23.2 Å². The van der Waals surface area contributed by atoms with Gasteiger partial charge in [0.1, 0.15) is 5.82 Å². The number of hydrogen-bond acceptors (Lipinski definition) is 3. The van der Waals surface area contributed by atoms with Crippen LogP contribution in [-0.4, -0.2) is 22.3 Å². The molecule has 0 aliphatic carbocycles. The van der Waals surface area contributed by atoms with Crippen LogP contribution in [0, 0.1) is 6.92 Å². The van der Waals surface area contributed by atoms with Crippen molar-refractivity contribution in [2.24, 2.45) is 0 Å². The van der Waals surface area contributed by atoms with Gasteiger partial charge in [0.25, 0.3) is 5.91 Å². The highest BCUT2D eigenvalue weighted by Crippen LogP contribution is 2.25. The zero-order chi connectivity index (χ0) is 23.5. The Hall–Kier alpha value is -2.56. The minimum atomic E-state index is -0.144. The lowest BCUT2D eigenvalue weighted by atomic mass is 9.87. The lowest BCUT2D eigenvalue weighted by Crippen LogP contribution is -2.33. The summed E-state index contributed by atoms with van der Waals surface area (Å²) < 4.78 is 0. The van der Waals surface area contributed by atoms with E-state index in [-0.39, 0.29) is 17.1 Å². The average Bonchev–Trinajstić information content (AvgIpc) is 2.73. The van der Waals surface area contributed by atoms with Gasteiger partial charge in [0.15, 0.2) is 0 Å². The maximum absolute atomic E-state index is 13.4. The fourth-order valence-electron chi connectivity index (χ4n) is 3.47. The van der Waals surface area contributed by atoms with Gasteiger partial charge in [-0.15, -0.1) is 0 Å². The highest BCUT2D eigenvalue weighted by molar-refractivity contribution is 6.42. The number of benzene rings is 2. The summed E-state index contributed by atoms with van der Waals surface area (Å²) in [6.45, 7) is 9.37. The molecule has 0 aliphatic heterocycles. The molecule has 1 amide bonds. The molecular weight excluding hydrogens is 441 g/mol. The molecule has 0 saturated heterocycles. The fraction of sp³-hybridized carbons (Fsp3) is 0.308. The molecule has 0 bridgehead atoms. The molecule has 0 fully saturated rings. The number of carbonyl (C=O) groups is 1. The number of carbonyl (C=O) groups excluding carboxylic acids is 1. The average molecular weight is 470 g/mol. The molecule has 6 heteroatoms. The molecule has 0 radical (unpaired) electrons. The number of nitrogen functional groups attached to an aromatic ring is 1. The normalized spacial score (nSPS) is 11.4. The zero-order valence-corrected chi connectivity index (χ0v) is 20.5. The summed E-state index contributed by atoms with van der Waals surface area (Å²) in [6.07, 6.45) is 0.641. The van der Waals surface area contributed by atoms with Crippen LogP contribution < -0.4 is 5.73 Å². The van der Waals surface area contributed by atoms with Gasteiger partial charge in [-0.05, 0) is 59.7 Å². The molecule has 0 saturated carbocycles. The number of amides is 1. The molecule has 4 nitrogen and oxygen atoms in total. The number of hydrogen-bond donors (Lipinski definition) is 1. The first-order valence-corrected chi connectivity index (χ1v) is 11.4. The fourth-order valence-corrected chi connectivity index (χ4v) is 3.79. The quantitative estimate of drug-likeness (QED) is 0.450. The third-order valence-electron chi connectivity index (χ3n) is 5.43. The van der Waals surface area contributed by atoms with Crippen LogP contribution in [0.3, 0.4) is 0 Å². The van der Waals surface area contributed by atoms with Gasteiger partial charge in [0, 0.05) is 18.8 Å². The Labute approximate surface area is 200 Å². The first kappa shape index (κ1) is 24.1. The summed E-state index contributed by atoms with van der Waals surface area (Å²) in [5.74, 6) is 0.104. The monoisotopic (exact) mass is 469 g/mol. The Bertz CT molecular complexity index is 1110. The van der Waals surface area contributed by atoms with Gasteiger partial charge in [0.2, 0.25) is 0 Å². The summed E-state index contributed by atoms with van der Waals surface area (Å²) in [5.41, 5.74) is 10.7. The molecule has 1 aromatic heterocycles. The van der Waals surface area contributed by atoms with Gasteiger partial charge in [-0.25, -0.2) is 4.98 Å². The Morgan fingerprint density at radius 1 is 0.969 bits per heavy atom. The smallest absolute Gasteiger partial charge is 0.257 e. The minimum Gasteiger partial charge on any atom is -0.383 e. The first-order chi connectivity index (χ1) is 15.0. The number of nitrogens with two attached hydrogens (primary N) is 1. The van der Waals surface area contributed by atoms with E-state index in [1.807, 2.05) is 19.1 Å². The predicted octanol–water partition coefficient (Wildman–Crippen LogP) is 6.46. The Morgan fingerprint density at radius 3 is 2.22 bits per heavy atom. The van der Waals surface area contributed by atoms with E-state index in [2.05, 4.69) is 50.0 Å². The van der Waals surface area contributed by atoms with Gasteiger partial charge < -0.3 is 10.6 Å². The van der Waals surface area contributed by atoms with E-state index < -0.39 is 0 Å². The zero-order valence-electron chi connectivity index (χ0n) is 19.0. The second kappa shape index (κ2) is 9.93. The molecule has 2 aromatic carbocycles. The van der Waals surface area contributed by atoms with Crippen LogP contribution in [0.5, 0.6) is 0 Å². The van der Waals surface area contributed by atoms with E-state index in [1.54, 1.807) is 23.1 Å². The van der Waals surface area contributed by atoms with Gasteiger partial charge >= 0.3 is 0 Å². The third-order valence-corrected chi connectivity index (χ3v) is 6.17. The number of aryl methyl sites for hydroxylation is 1. The van der Waals surface area contributed by atoms with Crippen molar-refractivity contribution in [1.29, 1.82) is 0 Å². The molecule has 32 heavy (non-hydrogen) atoms. The van der Waals surface area contributed by atoms with Crippen LogP contribution in [0.2, 0.25) is 10.0 Å². The summed E-state index contributed by atoms with van der Waals surface area (Å²) in [7, 11) is 0. The summed E-state index contributed by atoms with van der Waals surface area (Å²) in [6, 6.07) is 17.5. The largest absolute Gasteiger partial charge is 0.383 e. The Morgan fingerprint density at radius 2 is 1.62 bits per heavy atom. The van der Waals surface area contributed by atoms with E-state index in [0.717, 1.165) is 16.8 Å². The SMILES string of the molecule is Cc1ccc(C(=O)N(CCc2ccc(Cl)c(Cl)c2)Cc2ccc(C(C)(C)C)cc2)c(N)n1. The highest BCUT2D eigenvalue weighted by atomic mass is 35.5. The molecule has 1 heterocycles. The van der Waals surface area contributed by atoms with Gasteiger partial charge in [-0.2, -0.15) is 0 Å². The van der Waals surface area contributed by atoms with Crippen LogP contribution in [0.25, 0.3) is 0 Å². The van der Waals surface area contributed by atoms with Crippen molar-refractivity contribution in [3.63, 3.8) is 0 Å². The molecule has 3 rings (SSSR count). The first-order valence-electron chi connectivity index (χ1n) is 10.6. The van der Waals surface area contributed by atoms with Crippen molar-refractivity contribution in [3.8, 4) is 0 Å². The van der Waals surface area contributed by atoms with Crippen LogP contribution in [-0.2, 0) is 18.4 Å². The number of rotatable bonds is 6. The maximum atomic E-state index is 13.4. The lowest BCUT2D eigenvalue weighted by Gasteiger charge is -2.25. The molecule has 168 valence electrons. The van der Waals surface area contributed by atoms with E-state index in [0.29, 0.717) is 35.1 Å². The molecule has 2 N–H and O–H groups in total. The number of halogens is 2. The Kier molecular flexibility index (Phi) is 7.47. The maximum Gasteiger partial charge on any atom is 0.257 e. The number of anilines is 1. The summed E-state index contributed by atoms with van der Waals surface area (Å²) in [5, 5.41) is 1.02. The molecule has 0 atom stereocenters. The molecule has 0 spiro atoms. The van der Waals surface area contributed by atoms with Gasteiger partial charge in [-0.3, -0.25) is 4.79 Å². The third kappa shape index (κ3) is 6.02. The van der Waals surface area contributed by atoms with Crippen LogP contribution in [0.15, 0.2) is 54.6 Å². The highest BCUT2D eigenvalue weighted by Gasteiger charge is 2.20. The molecule has 0 unspecified atom stereocenters. The molecule has 3 aromatic rings. The van der Waals surface area contributed by atoms with Crippen LogP contribution in [0.4, 0.5) is 5.82 Å². The predicted molar refractivity (Wildman–Crippen MR) is 133 cm³/mol. The van der Waals surface area contributed by atoms with Crippen molar-refractivity contribution in [1.82, 2.24) is 9.88 Å². The number of pyridine rings is 1. The van der Waals surface area contributed by atoms with Crippen molar-refractivity contribution >= 4 is 34.9 Å². The number of aromatic nitrogens is 1. The van der Waals surface area contributed by atoms with E-state index in [9.17, 15) is 4.79 Å². The standard InChI is InChI=1S/C26H29Cl2N3O/c1-17-5-11-21(24(29)30-17)25(32)31(14-13-18-8-12-22(27)23(28)15-18)16-19-6-9-20(10-7-19)26(2,3)4/h5-12,15H,13-14,16H2,1-4H3,(H2,29,30). The van der Waals surface area contributed by atoms with Crippen LogP contribution in [0.1, 0.15) is 53.5 Å². The molecular formula is C26H29Cl2N3O.